The Hall–Kier alpha value is -3.56. The topological polar surface area (TPSA) is 65.5 Å². The summed E-state index contributed by atoms with van der Waals surface area (Å²) >= 11 is 12.5. The molecule has 47 heavy (non-hydrogen) atoms. The van der Waals surface area contributed by atoms with Gasteiger partial charge in [-0.3, -0.25) is 19.0 Å². The third-order valence-electron chi connectivity index (χ3n) is 7.90. The average molecular weight is 706 g/mol. The molecule has 0 N–H and O–H groups in total. The first kappa shape index (κ1) is 34.8. The maximum atomic E-state index is 14.7. The van der Waals surface area contributed by atoms with Gasteiger partial charge in [-0.05, 0) is 60.5 Å². The van der Waals surface area contributed by atoms with Crippen molar-refractivity contribution in [1.29, 1.82) is 0 Å². The lowest BCUT2D eigenvalue weighted by Gasteiger charge is -2.39. The first-order valence-electron chi connectivity index (χ1n) is 15.0. The number of rotatable bonds is 8. The molecule has 3 aromatic carbocycles. The zero-order valence-corrected chi connectivity index (χ0v) is 28.1. The molecule has 13 heteroatoms. The van der Waals surface area contributed by atoms with Crippen molar-refractivity contribution in [2.45, 2.75) is 25.2 Å². The Labute approximate surface area is 284 Å². The quantitative estimate of drug-likeness (QED) is 0.238. The van der Waals surface area contributed by atoms with Gasteiger partial charge in [0.15, 0.2) is 0 Å². The number of amidine groups is 1. The van der Waals surface area contributed by atoms with Crippen LogP contribution in [0.3, 0.4) is 0 Å². The molecule has 2 amide bonds. The van der Waals surface area contributed by atoms with E-state index in [1.54, 1.807) is 53.3 Å². The summed E-state index contributed by atoms with van der Waals surface area (Å²) in [7, 11) is -0.916. The van der Waals surface area contributed by atoms with Gasteiger partial charge >= 0.3 is 12.2 Å². The molecular weight excluding hydrogens is 672 g/mol. The van der Waals surface area contributed by atoms with E-state index in [1.165, 1.54) is 18.1 Å². The van der Waals surface area contributed by atoms with E-state index in [2.05, 4.69) is 10.8 Å². The van der Waals surface area contributed by atoms with Crippen LogP contribution < -0.4 is 4.74 Å². The lowest BCUT2D eigenvalue weighted by atomic mass is 9.93. The van der Waals surface area contributed by atoms with Crippen LogP contribution in [0.1, 0.15) is 41.3 Å². The smallest absolute Gasteiger partial charge is 0.458 e. The number of halogens is 5. The Bertz CT molecular complexity index is 1700. The lowest BCUT2D eigenvalue weighted by molar-refractivity contribution is -0.0696. The standard InChI is InChI=1S/C34H33Cl2F3N4O3S/c1-3-46-29-22-23(14-15-34(37,38)39)4-13-28(29)32-40-30(24-5-9-26(35)10-6-24)31(25-7-11-27(36)12-8-25)43(32)33(44)42-18-16-41(17-19-42)20-21-47(2)45/h4-13,22,30-31H,3,16-21H2,1-2H3/t30-,31+,47?/m0/s1. The van der Waals surface area contributed by atoms with Gasteiger partial charge in [-0.1, -0.05) is 53.4 Å². The van der Waals surface area contributed by atoms with E-state index in [-0.39, 0.29) is 24.0 Å². The van der Waals surface area contributed by atoms with Crippen LogP contribution in [0.25, 0.3) is 0 Å². The molecule has 0 saturated carbocycles. The second kappa shape index (κ2) is 15.1. The summed E-state index contributed by atoms with van der Waals surface area (Å²) in [4.78, 5) is 25.4. The molecule has 1 unspecified atom stereocenters. The SMILES string of the molecule is CCOc1cc(C#CC(F)(F)F)ccc1C1=N[C@@H](c2ccc(Cl)cc2)[C@@H](c2ccc(Cl)cc2)N1C(=O)N1CCN(CCS(C)=O)CC1. The second-order valence-corrected chi connectivity index (χ2v) is 13.5. The van der Waals surface area contributed by atoms with Crippen molar-refractivity contribution in [2.24, 2.45) is 4.99 Å². The number of hydrogen-bond donors (Lipinski definition) is 0. The van der Waals surface area contributed by atoms with Crippen molar-refractivity contribution >= 4 is 45.9 Å². The Morgan fingerprint density at radius 2 is 1.60 bits per heavy atom. The van der Waals surface area contributed by atoms with Gasteiger partial charge in [0.2, 0.25) is 0 Å². The largest absolute Gasteiger partial charge is 0.493 e. The van der Waals surface area contributed by atoms with Crippen molar-refractivity contribution in [3.63, 3.8) is 0 Å². The number of hydrogen-bond acceptors (Lipinski definition) is 5. The van der Waals surface area contributed by atoms with E-state index in [0.29, 0.717) is 59.9 Å². The molecule has 0 spiro atoms. The predicted molar refractivity (Wildman–Crippen MR) is 180 cm³/mol. The van der Waals surface area contributed by atoms with Gasteiger partial charge in [0, 0.05) is 77.1 Å². The Morgan fingerprint density at radius 3 is 2.17 bits per heavy atom. The Kier molecular flexibility index (Phi) is 11.2. The maximum Gasteiger partial charge on any atom is 0.458 e. The second-order valence-electron chi connectivity index (χ2n) is 11.1. The number of ether oxygens (including phenoxy) is 1. The highest BCUT2D eigenvalue weighted by Gasteiger charge is 2.45. The van der Waals surface area contributed by atoms with Crippen LogP contribution in [-0.2, 0) is 10.8 Å². The van der Waals surface area contributed by atoms with E-state index >= 15 is 0 Å². The molecule has 1 saturated heterocycles. The zero-order chi connectivity index (χ0) is 33.7. The predicted octanol–water partition coefficient (Wildman–Crippen LogP) is 6.97. The molecule has 3 atom stereocenters. The number of amides is 2. The third kappa shape index (κ3) is 8.68. The molecule has 0 aromatic heterocycles. The molecule has 0 bridgehead atoms. The molecule has 2 aliphatic rings. The van der Waals surface area contributed by atoms with E-state index in [0.717, 1.165) is 11.1 Å². The first-order valence-corrected chi connectivity index (χ1v) is 17.5. The van der Waals surface area contributed by atoms with Gasteiger partial charge in [-0.15, -0.1) is 0 Å². The summed E-state index contributed by atoms with van der Waals surface area (Å²) in [5, 5.41) is 1.08. The highest BCUT2D eigenvalue weighted by Crippen LogP contribution is 2.45. The van der Waals surface area contributed by atoms with Crippen LogP contribution in [-0.4, -0.2) is 88.3 Å². The number of urea groups is 1. The molecule has 2 aliphatic heterocycles. The molecule has 0 radical (unpaired) electrons. The van der Waals surface area contributed by atoms with Crippen molar-refractivity contribution in [2.75, 3.05) is 51.3 Å². The summed E-state index contributed by atoms with van der Waals surface area (Å²) in [5.41, 5.74) is 2.15. The first-order chi connectivity index (χ1) is 22.4. The van der Waals surface area contributed by atoms with Crippen molar-refractivity contribution < 1.29 is 26.9 Å². The fourth-order valence-electron chi connectivity index (χ4n) is 5.63. The van der Waals surface area contributed by atoms with E-state index in [1.807, 2.05) is 24.3 Å². The highest BCUT2D eigenvalue weighted by atomic mass is 35.5. The fraction of sp³-hybridized carbons (Fsp3) is 0.353. The average Bonchev–Trinajstić information content (AvgIpc) is 3.43. The zero-order valence-electron chi connectivity index (χ0n) is 25.8. The number of carbonyl (C=O) groups is 1. The summed E-state index contributed by atoms with van der Waals surface area (Å²) in [6.45, 7) is 4.78. The Balaban J connectivity index is 1.61. The van der Waals surface area contributed by atoms with E-state index in [4.69, 9.17) is 32.9 Å². The lowest BCUT2D eigenvalue weighted by Crippen LogP contribution is -2.54. The van der Waals surface area contributed by atoms with Crippen LogP contribution in [0.5, 0.6) is 5.75 Å². The number of aliphatic imine (C=N–C) groups is 1. The van der Waals surface area contributed by atoms with Gasteiger partial charge in [0.05, 0.1) is 18.2 Å². The number of nitrogens with zero attached hydrogens (tertiary/aromatic N) is 4. The molecule has 3 aromatic rings. The summed E-state index contributed by atoms with van der Waals surface area (Å²) in [6, 6.07) is 17.5. The molecule has 248 valence electrons. The van der Waals surface area contributed by atoms with Crippen molar-refractivity contribution in [3.05, 3.63) is 99.0 Å². The minimum absolute atomic E-state index is 0.110. The minimum Gasteiger partial charge on any atom is -0.493 e. The molecule has 1 fully saturated rings. The Morgan fingerprint density at radius 1 is 0.979 bits per heavy atom. The maximum absolute atomic E-state index is 14.7. The molecular formula is C34H33Cl2F3N4O3S. The van der Waals surface area contributed by atoms with Crippen LogP contribution in [0.2, 0.25) is 10.0 Å². The summed E-state index contributed by atoms with van der Waals surface area (Å²) in [5.74, 6) is 4.58. The van der Waals surface area contributed by atoms with Crippen LogP contribution in [0.4, 0.5) is 18.0 Å². The minimum atomic E-state index is -4.65. The summed E-state index contributed by atoms with van der Waals surface area (Å²) in [6.07, 6.45) is -2.98. The van der Waals surface area contributed by atoms with Gasteiger partial charge in [-0.2, -0.15) is 13.2 Å². The third-order valence-corrected chi connectivity index (χ3v) is 9.17. The molecule has 2 heterocycles. The number of carbonyl (C=O) groups excluding carboxylic acids is 1. The highest BCUT2D eigenvalue weighted by molar-refractivity contribution is 7.84. The van der Waals surface area contributed by atoms with Gasteiger partial charge in [0.1, 0.15) is 17.6 Å². The molecule has 0 aliphatic carbocycles. The van der Waals surface area contributed by atoms with Crippen molar-refractivity contribution in [3.8, 4) is 17.6 Å². The van der Waals surface area contributed by atoms with E-state index < -0.39 is 29.1 Å². The normalized spacial score (nSPS) is 19.2. The van der Waals surface area contributed by atoms with Crippen LogP contribution in [0, 0.1) is 11.8 Å². The van der Waals surface area contributed by atoms with E-state index in [9.17, 15) is 22.2 Å². The van der Waals surface area contributed by atoms with Gasteiger partial charge in [-0.25, -0.2) is 4.79 Å². The fourth-order valence-corrected chi connectivity index (χ4v) is 6.40. The van der Waals surface area contributed by atoms with Crippen molar-refractivity contribution in [1.82, 2.24) is 14.7 Å². The van der Waals surface area contributed by atoms with Gasteiger partial charge < -0.3 is 9.64 Å². The molecule has 7 nitrogen and oxygen atoms in total. The van der Waals surface area contributed by atoms with Gasteiger partial charge in [0.25, 0.3) is 0 Å². The van der Waals surface area contributed by atoms with Crippen LogP contribution >= 0.6 is 23.2 Å². The van der Waals surface area contributed by atoms with Crippen LogP contribution in [0.15, 0.2) is 71.7 Å². The summed E-state index contributed by atoms with van der Waals surface area (Å²) < 4.78 is 56.2. The number of alkyl halides is 3. The monoisotopic (exact) mass is 704 g/mol. The number of piperazine rings is 1. The number of benzene rings is 3. The molecule has 5 rings (SSSR count).